The van der Waals surface area contributed by atoms with Crippen molar-refractivity contribution in [2.75, 3.05) is 17.2 Å². The molecule has 1 aliphatic carbocycles. The van der Waals surface area contributed by atoms with Crippen molar-refractivity contribution in [3.63, 3.8) is 0 Å². The van der Waals surface area contributed by atoms with E-state index in [1.54, 1.807) is 21.5 Å². The molecule has 3 atom stereocenters. The number of anilines is 2. The van der Waals surface area contributed by atoms with Crippen LogP contribution in [0.5, 0.6) is 0 Å². The Bertz CT molecular complexity index is 1610. The molecule has 1 saturated heterocycles. The van der Waals surface area contributed by atoms with E-state index in [2.05, 4.69) is 20.6 Å². The zero-order chi connectivity index (χ0) is 27.4. The molecular formula is C26H27ClFN7O4. The van der Waals surface area contributed by atoms with Gasteiger partial charge in [-0.05, 0) is 39.5 Å². The van der Waals surface area contributed by atoms with E-state index in [0.717, 1.165) is 19.3 Å². The number of fused-ring (bicyclic) bond motifs is 2. The third-order valence-electron chi connectivity index (χ3n) is 7.05. The lowest BCUT2D eigenvalue weighted by atomic mass is 10.0. The van der Waals surface area contributed by atoms with Crippen LogP contribution in [0.1, 0.15) is 45.8 Å². The van der Waals surface area contributed by atoms with Crippen molar-refractivity contribution in [2.24, 2.45) is 11.8 Å². The van der Waals surface area contributed by atoms with Gasteiger partial charge in [-0.2, -0.15) is 5.10 Å². The number of hydrogen-bond donors (Lipinski definition) is 3. The summed E-state index contributed by atoms with van der Waals surface area (Å²) in [6.07, 6.45) is 9.40. The second kappa shape index (κ2) is 9.76. The van der Waals surface area contributed by atoms with E-state index in [9.17, 15) is 9.59 Å². The van der Waals surface area contributed by atoms with E-state index in [1.807, 2.05) is 20.0 Å². The summed E-state index contributed by atoms with van der Waals surface area (Å²) in [5, 5.41) is 20.1. The molecule has 1 aromatic carbocycles. The Hall–Kier alpha value is -3.77. The normalized spacial score (nSPS) is 21.0. The Kier molecular flexibility index (Phi) is 6.38. The Morgan fingerprint density at radius 1 is 1.23 bits per heavy atom. The Morgan fingerprint density at radius 3 is 2.74 bits per heavy atom. The number of amides is 1. The number of ether oxygens (including phenoxy) is 1. The first kappa shape index (κ1) is 25.5. The van der Waals surface area contributed by atoms with Gasteiger partial charge in [0.1, 0.15) is 17.4 Å². The number of rotatable bonds is 7. The lowest BCUT2D eigenvalue weighted by Crippen LogP contribution is -2.18. The number of aromatic nitrogens is 5. The molecule has 6 rings (SSSR count). The molecule has 1 amide bonds. The first-order chi connectivity index (χ1) is 18.7. The summed E-state index contributed by atoms with van der Waals surface area (Å²) in [7, 11) is 0. The zero-order valence-electron chi connectivity index (χ0n) is 21.3. The Labute approximate surface area is 227 Å². The molecule has 1 saturated carbocycles. The fourth-order valence-corrected chi connectivity index (χ4v) is 5.31. The summed E-state index contributed by atoms with van der Waals surface area (Å²) in [5.74, 6) is -2.97. The van der Waals surface area contributed by atoms with Crippen molar-refractivity contribution in [2.45, 2.75) is 51.8 Å². The fourth-order valence-electron chi connectivity index (χ4n) is 5.02. The first-order valence-electron chi connectivity index (χ1n) is 12.9. The van der Waals surface area contributed by atoms with Crippen LogP contribution in [0, 0.1) is 17.7 Å². The molecule has 1 aliphatic heterocycles. The van der Waals surface area contributed by atoms with Gasteiger partial charge in [0.05, 0.1) is 34.9 Å². The molecule has 11 nitrogen and oxygen atoms in total. The highest BCUT2D eigenvalue weighted by atomic mass is 35.5. The van der Waals surface area contributed by atoms with Crippen molar-refractivity contribution in [3.8, 4) is 11.3 Å². The zero-order valence-corrected chi connectivity index (χ0v) is 22.1. The molecule has 3 aromatic heterocycles. The second-order valence-corrected chi connectivity index (χ2v) is 10.7. The van der Waals surface area contributed by atoms with Gasteiger partial charge in [-0.15, -0.1) is 0 Å². The molecule has 2 aliphatic rings. The van der Waals surface area contributed by atoms with Crippen LogP contribution in [-0.4, -0.2) is 53.8 Å². The van der Waals surface area contributed by atoms with Crippen LogP contribution in [-0.2, 0) is 14.3 Å². The number of carbonyl (C=O) groups is 2. The van der Waals surface area contributed by atoms with Gasteiger partial charge in [0, 0.05) is 36.0 Å². The lowest BCUT2D eigenvalue weighted by molar-refractivity contribution is -0.139. The molecule has 13 heteroatoms. The molecule has 0 radical (unpaired) electrons. The average Bonchev–Trinajstić information content (AvgIpc) is 3.46. The van der Waals surface area contributed by atoms with Crippen LogP contribution in [0.15, 0.2) is 24.8 Å². The highest BCUT2D eigenvalue weighted by Gasteiger charge is 2.48. The summed E-state index contributed by atoms with van der Waals surface area (Å²) in [6, 6.07) is -0.0591. The van der Waals surface area contributed by atoms with Crippen molar-refractivity contribution in [1.29, 1.82) is 0 Å². The highest BCUT2D eigenvalue weighted by Crippen LogP contribution is 2.42. The maximum absolute atomic E-state index is 15.7. The number of carboxylic acids is 1. The monoisotopic (exact) mass is 555 g/mol. The molecule has 3 N–H and O–H groups in total. The number of halogens is 2. The van der Waals surface area contributed by atoms with E-state index in [0.29, 0.717) is 40.8 Å². The van der Waals surface area contributed by atoms with Crippen LogP contribution in [0.3, 0.4) is 0 Å². The number of aliphatic carboxylic acids is 1. The second-order valence-electron chi connectivity index (χ2n) is 10.3. The molecule has 4 heterocycles. The summed E-state index contributed by atoms with van der Waals surface area (Å²) in [4.78, 5) is 32.3. The largest absolute Gasteiger partial charge is 0.481 e. The summed E-state index contributed by atoms with van der Waals surface area (Å²) < 4.78 is 25.0. The Morgan fingerprint density at radius 2 is 2.05 bits per heavy atom. The van der Waals surface area contributed by atoms with Gasteiger partial charge in [0.2, 0.25) is 5.91 Å². The average molecular weight is 556 g/mol. The highest BCUT2D eigenvalue weighted by molar-refractivity contribution is 6.35. The number of nitrogens with zero attached hydrogens (tertiary/aromatic N) is 5. The number of hydrogen-bond acceptors (Lipinski definition) is 7. The maximum atomic E-state index is 15.7. The fraction of sp³-hybridized carbons (Fsp3) is 0.423. The van der Waals surface area contributed by atoms with E-state index in [1.165, 1.54) is 6.20 Å². The van der Waals surface area contributed by atoms with Gasteiger partial charge in [-0.3, -0.25) is 14.6 Å². The first-order valence-corrected chi connectivity index (χ1v) is 13.3. The molecule has 4 aromatic rings. The molecule has 2 fully saturated rings. The molecule has 0 bridgehead atoms. The Balaban J connectivity index is 1.40. The standard InChI is InChI=1S/C26H27ClFN7O4/c1-12(2)30-24-22(28)21(27)20(15-9-35(33-23(15)24)19-5-3-4-6-39-19)16-10-34-11-17(31-18(34)8-29-16)32-25(36)13-7-14(13)26(37)38/h8-14,19,30H,3-7H2,1-2H3,(H,32,36)(H,37,38)/t13-,14+,19?/m1/s1. The van der Waals surface area contributed by atoms with Gasteiger partial charge in [0.15, 0.2) is 17.3 Å². The van der Waals surface area contributed by atoms with Crippen molar-refractivity contribution < 1.29 is 23.8 Å². The number of imidazole rings is 1. The minimum atomic E-state index is -0.984. The quantitative estimate of drug-likeness (QED) is 0.298. The van der Waals surface area contributed by atoms with E-state index in [-0.39, 0.29) is 28.8 Å². The summed E-state index contributed by atoms with van der Waals surface area (Å²) in [6.45, 7) is 4.45. The van der Waals surface area contributed by atoms with Crippen molar-refractivity contribution in [1.82, 2.24) is 24.1 Å². The third kappa shape index (κ3) is 4.67. The van der Waals surface area contributed by atoms with E-state index < -0.39 is 29.5 Å². The van der Waals surface area contributed by atoms with Crippen LogP contribution < -0.4 is 10.6 Å². The van der Waals surface area contributed by atoms with Gasteiger partial charge in [-0.25, -0.2) is 14.1 Å². The SMILES string of the molecule is CC(C)Nc1c(F)c(Cl)c(-c2cn3cc(NC(=O)[C@@H]4C[C@@H]4C(=O)O)nc3cn2)c2cn(C3CCCCO3)nc12. The lowest BCUT2D eigenvalue weighted by Gasteiger charge is -2.22. The van der Waals surface area contributed by atoms with Gasteiger partial charge in [0.25, 0.3) is 0 Å². The smallest absolute Gasteiger partial charge is 0.307 e. The minimum Gasteiger partial charge on any atom is -0.481 e. The van der Waals surface area contributed by atoms with Crippen molar-refractivity contribution in [3.05, 3.63) is 35.6 Å². The van der Waals surface area contributed by atoms with Crippen LogP contribution in [0.2, 0.25) is 5.02 Å². The van der Waals surface area contributed by atoms with Crippen LogP contribution >= 0.6 is 11.6 Å². The topological polar surface area (TPSA) is 136 Å². The van der Waals surface area contributed by atoms with E-state index in [4.69, 9.17) is 26.5 Å². The van der Waals surface area contributed by atoms with Gasteiger partial charge >= 0.3 is 5.97 Å². The minimum absolute atomic E-state index is 0.0591. The van der Waals surface area contributed by atoms with Crippen LogP contribution in [0.25, 0.3) is 27.8 Å². The van der Waals surface area contributed by atoms with Crippen LogP contribution in [0.4, 0.5) is 15.9 Å². The molecule has 204 valence electrons. The predicted molar refractivity (Wildman–Crippen MR) is 142 cm³/mol. The predicted octanol–water partition coefficient (Wildman–Crippen LogP) is 4.72. The maximum Gasteiger partial charge on any atom is 0.307 e. The van der Waals surface area contributed by atoms with Gasteiger partial charge in [-0.1, -0.05) is 11.6 Å². The molecule has 39 heavy (non-hydrogen) atoms. The number of benzene rings is 1. The summed E-state index contributed by atoms with van der Waals surface area (Å²) >= 11 is 6.64. The molecular weight excluding hydrogens is 529 g/mol. The number of nitrogens with one attached hydrogen (secondary N) is 2. The van der Waals surface area contributed by atoms with E-state index >= 15 is 4.39 Å². The molecule has 0 spiro atoms. The number of carboxylic acid groups (broad SMARTS) is 1. The van der Waals surface area contributed by atoms with Crippen molar-refractivity contribution >= 4 is 51.5 Å². The summed E-state index contributed by atoms with van der Waals surface area (Å²) in [5.41, 5.74) is 1.85. The number of carbonyl (C=O) groups excluding carboxylic acids is 1. The molecule has 1 unspecified atom stereocenters. The third-order valence-corrected chi connectivity index (χ3v) is 7.40. The van der Waals surface area contributed by atoms with Gasteiger partial charge < -0.3 is 24.9 Å².